The summed E-state index contributed by atoms with van der Waals surface area (Å²) in [7, 11) is 0. The zero-order chi connectivity index (χ0) is 45.1. The van der Waals surface area contributed by atoms with Gasteiger partial charge in [-0.05, 0) is 118 Å². The third-order valence-electron chi connectivity index (χ3n) is 11.2. The van der Waals surface area contributed by atoms with Crippen molar-refractivity contribution in [3.63, 3.8) is 0 Å². The molecule has 5 rings (SSSR count). The molecule has 0 saturated heterocycles. The van der Waals surface area contributed by atoms with Crippen molar-refractivity contribution in [2.45, 2.75) is 161 Å². The van der Waals surface area contributed by atoms with Crippen molar-refractivity contribution in [3.8, 4) is 0 Å². The van der Waals surface area contributed by atoms with Gasteiger partial charge in [0, 0.05) is 83.6 Å². The number of anilines is 1. The van der Waals surface area contributed by atoms with Crippen LogP contribution in [0.4, 0.5) is 5.69 Å². The molecule has 0 spiro atoms. The van der Waals surface area contributed by atoms with Gasteiger partial charge in [0.05, 0.1) is 5.70 Å². The van der Waals surface area contributed by atoms with E-state index in [9.17, 15) is 13.3 Å². The average Bonchev–Trinajstić information content (AvgIpc) is 3.57. The molecule has 2 unspecified atom stereocenters. The van der Waals surface area contributed by atoms with E-state index in [-0.39, 0.29) is 36.7 Å². The van der Waals surface area contributed by atoms with E-state index >= 15 is 0 Å². The maximum atomic E-state index is 11.4. The third kappa shape index (κ3) is 14.2. The van der Waals surface area contributed by atoms with Gasteiger partial charge in [0.25, 0.3) is 0 Å². The molecule has 60 heavy (non-hydrogen) atoms. The van der Waals surface area contributed by atoms with Crippen LogP contribution in [0.3, 0.4) is 0 Å². The summed E-state index contributed by atoms with van der Waals surface area (Å²) in [5, 5.41) is 0.857. The van der Waals surface area contributed by atoms with Gasteiger partial charge in [-0.2, -0.15) is 5.92 Å². The van der Waals surface area contributed by atoms with Gasteiger partial charge < -0.3 is 14.0 Å². The second-order valence-corrected chi connectivity index (χ2v) is 17.3. The van der Waals surface area contributed by atoms with Gasteiger partial charge in [-0.25, -0.2) is 4.21 Å². The van der Waals surface area contributed by atoms with Crippen molar-refractivity contribution in [3.05, 3.63) is 116 Å². The van der Waals surface area contributed by atoms with E-state index in [0.717, 1.165) is 74.4 Å². The summed E-state index contributed by atoms with van der Waals surface area (Å²) in [6.45, 7) is 35.6. The van der Waals surface area contributed by atoms with E-state index in [2.05, 4.69) is 113 Å². The zero-order valence-corrected chi connectivity index (χ0v) is 46.3. The van der Waals surface area contributed by atoms with Gasteiger partial charge in [0.2, 0.25) is 0 Å². The van der Waals surface area contributed by atoms with Crippen LogP contribution < -0.4 is 4.90 Å². The number of nitrogens with zero attached hydrogens (tertiary/aromatic N) is 2. The molecule has 2 N–H and O–H groups in total. The fraction of sp³-hybridized carbons (Fsp3) is 0.569. The first-order valence-corrected chi connectivity index (χ1v) is 25.1. The summed E-state index contributed by atoms with van der Waals surface area (Å²) in [5.74, 6) is 2.47. The molecule has 9 heteroatoms. The maximum Gasteiger partial charge on any atom is 0.160 e. The SMILES string of the molecule is C/C=C/C(C)=C\C1=C2[C-](C)C2(C)C(/C=C/C2=C(Cl)C(=C/C=C3/N(CCCCSO)c4cc(C)cc(C)c4C3(C)C)/CCC2)=[N+]1CCCCS(=O)O.CC.CC.CC.CC.[Hf]. The molecular weight excluding hydrogens is 967 g/mol. The average molecular weight is 1050 g/mol. The summed E-state index contributed by atoms with van der Waals surface area (Å²) in [5.41, 5.74) is 13.8. The Hall–Kier alpha value is -1.68. The van der Waals surface area contributed by atoms with Crippen molar-refractivity contribution in [2.24, 2.45) is 5.41 Å². The quantitative estimate of drug-likeness (QED) is 0.0349. The molecule has 1 aromatic rings. The summed E-state index contributed by atoms with van der Waals surface area (Å²) in [6.07, 6.45) is 22.1. The molecule has 1 saturated carbocycles. The second kappa shape index (κ2) is 28.9. The van der Waals surface area contributed by atoms with Gasteiger partial charge in [-0.15, -0.1) is 12.5 Å². The summed E-state index contributed by atoms with van der Waals surface area (Å²) in [6, 6.07) is 4.63. The third-order valence-corrected chi connectivity index (χ3v) is 12.8. The Morgan fingerprint density at radius 2 is 1.63 bits per heavy atom. The fourth-order valence-electron chi connectivity index (χ4n) is 8.61. The summed E-state index contributed by atoms with van der Waals surface area (Å²) in [4.78, 5) is 2.50. The number of halogens is 1. The number of rotatable bonds is 15. The smallest absolute Gasteiger partial charge is 0.160 e. The molecular formula is C51H81ClHfN2O3S2. The molecule has 0 aromatic heterocycles. The van der Waals surface area contributed by atoms with E-state index in [1.807, 2.05) is 62.3 Å². The predicted octanol–water partition coefficient (Wildman–Crippen LogP) is 15.4. The van der Waals surface area contributed by atoms with Crippen LogP contribution in [0, 0.1) is 25.2 Å². The predicted molar refractivity (Wildman–Crippen MR) is 266 cm³/mol. The molecule has 5 nitrogen and oxygen atoms in total. The molecule has 1 aromatic carbocycles. The van der Waals surface area contributed by atoms with Crippen LogP contribution >= 0.6 is 23.6 Å². The molecule has 4 aliphatic rings. The molecule has 2 atom stereocenters. The summed E-state index contributed by atoms with van der Waals surface area (Å²) < 4.78 is 32.4. The molecule has 2 aliphatic heterocycles. The minimum Gasteiger partial charge on any atom is -0.344 e. The van der Waals surface area contributed by atoms with E-state index in [4.69, 9.17) is 11.6 Å². The molecule has 2 heterocycles. The Kier molecular flexibility index (Phi) is 28.1. The molecule has 1 fully saturated rings. The first-order valence-electron chi connectivity index (χ1n) is 22.5. The number of hydrogen-bond donors (Lipinski definition) is 2. The van der Waals surface area contributed by atoms with Crippen LogP contribution in [-0.2, 0) is 42.3 Å². The van der Waals surface area contributed by atoms with Crippen LogP contribution in [0.2, 0.25) is 0 Å². The number of fused-ring (bicyclic) bond motifs is 2. The summed E-state index contributed by atoms with van der Waals surface area (Å²) >= 11 is 6.44. The van der Waals surface area contributed by atoms with Crippen LogP contribution in [-0.4, -0.2) is 48.2 Å². The van der Waals surface area contributed by atoms with Crippen LogP contribution in [0.1, 0.15) is 159 Å². The van der Waals surface area contributed by atoms with Gasteiger partial charge in [-0.1, -0.05) is 130 Å². The Morgan fingerprint density at radius 3 is 2.23 bits per heavy atom. The molecule has 0 radical (unpaired) electrons. The Labute approximate surface area is 399 Å². The fourth-order valence-corrected chi connectivity index (χ4v) is 9.71. The zero-order valence-electron chi connectivity index (χ0n) is 40.4. The standard InChI is InChI=1S/C43H57ClN2O3S2.4C2H6.Hf/c1-9-15-29(2)27-36-40-32(5)43(40,8)38(46(36)23-11-13-25-51(48)49)21-19-34-17-14-16-33(41(34)44)18-20-37-42(6,7)39-31(4)26-30(3)28-35(39)45(37)22-10-12-24-50-47;4*1-2;/h9,15,18-21,26-28,47H,10-14,16-17,22-25H2,1-8H3,(H,48,49);4*1-2H3;/b15-9+,29-27-;;;;;. The molecule has 2 aliphatic carbocycles. The van der Waals surface area contributed by atoms with Gasteiger partial charge >= 0.3 is 0 Å². The number of benzene rings is 1. The molecule has 0 amide bonds. The van der Waals surface area contributed by atoms with Gasteiger partial charge in [-0.3, -0.25) is 4.58 Å². The first-order chi connectivity index (χ1) is 28.3. The van der Waals surface area contributed by atoms with Crippen LogP contribution in [0.15, 0.2) is 93.4 Å². The van der Waals surface area contributed by atoms with E-state index in [0.29, 0.717) is 12.2 Å². The molecule has 0 bridgehead atoms. The van der Waals surface area contributed by atoms with Crippen LogP contribution in [0.5, 0.6) is 0 Å². The minimum atomic E-state index is -1.77. The van der Waals surface area contributed by atoms with Crippen molar-refractivity contribution in [1.82, 2.24) is 0 Å². The Bertz CT molecular complexity index is 1820. The number of hydrogen-bond acceptors (Lipinski definition) is 4. The van der Waals surface area contributed by atoms with Crippen LogP contribution in [0.25, 0.3) is 0 Å². The first kappa shape index (κ1) is 58.3. The number of unbranched alkanes of at least 4 members (excludes halogenated alkanes) is 2. The normalized spacial score (nSPS) is 20.8. The Morgan fingerprint density at radius 1 is 0.983 bits per heavy atom. The van der Waals surface area contributed by atoms with E-state index in [1.54, 1.807) is 0 Å². The number of allylic oxidation sites excluding steroid dienone is 13. The number of aryl methyl sites for hydroxylation is 2. The van der Waals surface area contributed by atoms with Crippen molar-refractivity contribution in [1.29, 1.82) is 0 Å². The van der Waals surface area contributed by atoms with Gasteiger partial charge in [0.15, 0.2) is 16.8 Å². The topological polar surface area (TPSA) is 63.8 Å². The van der Waals surface area contributed by atoms with Gasteiger partial charge in [0.1, 0.15) is 6.54 Å². The second-order valence-electron chi connectivity index (χ2n) is 15.2. The van der Waals surface area contributed by atoms with Crippen molar-refractivity contribution < 1.29 is 43.7 Å². The Balaban J connectivity index is 0.00000365. The van der Waals surface area contributed by atoms with Crippen molar-refractivity contribution in [2.75, 3.05) is 29.5 Å². The van der Waals surface area contributed by atoms with Crippen molar-refractivity contribution >= 4 is 46.1 Å². The van der Waals surface area contributed by atoms with E-state index < -0.39 is 11.1 Å². The maximum absolute atomic E-state index is 11.4. The minimum absolute atomic E-state index is 0. The monoisotopic (exact) mass is 1050 g/mol. The molecule has 336 valence electrons. The van der Waals surface area contributed by atoms with E-state index in [1.165, 1.54) is 67.7 Å². The largest absolute Gasteiger partial charge is 0.344 e.